The van der Waals surface area contributed by atoms with Gasteiger partial charge in [-0.3, -0.25) is 4.98 Å². The second-order valence-electron chi connectivity index (χ2n) is 5.81. The monoisotopic (exact) mass is 366 g/mol. The molecule has 0 radical (unpaired) electrons. The molecule has 0 atom stereocenters. The van der Waals surface area contributed by atoms with Gasteiger partial charge in [0.1, 0.15) is 11.3 Å². The highest BCUT2D eigenvalue weighted by Gasteiger charge is 2.15. The van der Waals surface area contributed by atoms with Crippen LogP contribution in [0.4, 0.5) is 5.95 Å². The number of nitrogens with two attached hydrogens (primary N) is 1. The van der Waals surface area contributed by atoms with Gasteiger partial charge in [0.15, 0.2) is 15.4 Å². The molecule has 7 nitrogen and oxygen atoms in total. The third-order valence-electron chi connectivity index (χ3n) is 3.94. The molecule has 0 aliphatic rings. The largest absolute Gasteiger partial charge is 0.454 e. The van der Waals surface area contributed by atoms with E-state index in [0.717, 1.165) is 11.1 Å². The molecule has 0 aliphatic carbocycles. The third kappa shape index (κ3) is 2.91. The van der Waals surface area contributed by atoms with Gasteiger partial charge in [0.25, 0.3) is 0 Å². The van der Waals surface area contributed by atoms with Crippen LogP contribution in [0.1, 0.15) is 0 Å². The Morgan fingerprint density at radius 1 is 1.00 bits per heavy atom. The summed E-state index contributed by atoms with van der Waals surface area (Å²) in [4.78, 5) is 12.5. The van der Waals surface area contributed by atoms with Crippen molar-refractivity contribution in [3.05, 3.63) is 55.0 Å². The van der Waals surface area contributed by atoms with E-state index in [1.807, 2.05) is 6.07 Å². The molecule has 0 fully saturated rings. The fourth-order valence-electron chi connectivity index (χ4n) is 2.67. The van der Waals surface area contributed by atoms with Crippen LogP contribution in [-0.4, -0.2) is 29.6 Å². The summed E-state index contributed by atoms with van der Waals surface area (Å²) in [6.45, 7) is 0. The number of sulfone groups is 1. The number of furan rings is 1. The molecule has 2 N–H and O–H groups in total. The van der Waals surface area contributed by atoms with Crippen LogP contribution in [0.3, 0.4) is 0 Å². The smallest absolute Gasteiger partial charge is 0.219 e. The van der Waals surface area contributed by atoms with Gasteiger partial charge in [-0.05, 0) is 23.8 Å². The van der Waals surface area contributed by atoms with E-state index in [4.69, 9.17) is 10.2 Å². The number of anilines is 1. The molecule has 0 aliphatic heterocycles. The lowest BCUT2D eigenvalue weighted by atomic mass is 10.1. The molecule has 1 aromatic carbocycles. The molecule has 26 heavy (non-hydrogen) atoms. The van der Waals surface area contributed by atoms with Crippen molar-refractivity contribution in [2.24, 2.45) is 0 Å². The molecular weight excluding hydrogens is 352 g/mol. The highest BCUT2D eigenvalue weighted by Crippen LogP contribution is 2.33. The van der Waals surface area contributed by atoms with Crippen LogP contribution >= 0.6 is 0 Å². The molecule has 4 aromatic rings. The second-order valence-corrected chi connectivity index (χ2v) is 7.83. The standard InChI is InChI=1S/C18H14N4O3S/c1-26(23,24)13-4-2-3-11(7-13)14-5-6-20-15-8-16(25-17(14)15)12-9-21-18(19)22-10-12/h2-10H,1H3,(H2,19,21,22). The zero-order valence-corrected chi connectivity index (χ0v) is 14.6. The van der Waals surface area contributed by atoms with Gasteiger partial charge in [0.2, 0.25) is 5.95 Å². The van der Waals surface area contributed by atoms with Gasteiger partial charge in [-0.25, -0.2) is 18.4 Å². The molecule has 0 saturated carbocycles. The summed E-state index contributed by atoms with van der Waals surface area (Å²) in [5.74, 6) is 0.737. The van der Waals surface area contributed by atoms with Gasteiger partial charge < -0.3 is 10.2 Å². The maximum atomic E-state index is 11.8. The Balaban J connectivity index is 1.88. The molecule has 130 valence electrons. The average Bonchev–Trinajstić information content (AvgIpc) is 3.06. The maximum Gasteiger partial charge on any atom is 0.219 e. The van der Waals surface area contributed by atoms with Crippen LogP contribution in [0.15, 0.2) is 64.3 Å². The third-order valence-corrected chi connectivity index (χ3v) is 5.05. The number of pyridine rings is 1. The number of benzene rings is 1. The van der Waals surface area contributed by atoms with Crippen LogP contribution in [0.25, 0.3) is 33.6 Å². The molecular formula is C18H14N4O3S. The number of rotatable bonds is 3. The summed E-state index contributed by atoms with van der Waals surface area (Å²) in [5, 5.41) is 0. The topological polar surface area (TPSA) is 112 Å². The maximum absolute atomic E-state index is 11.8. The van der Waals surface area contributed by atoms with Gasteiger partial charge in [0, 0.05) is 36.5 Å². The van der Waals surface area contributed by atoms with E-state index in [0.29, 0.717) is 22.4 Å². The van der Waals surface area contributed by atoms with E-state index in [-0.39, 0.29) is 10.8 Å². The molecule has 0 spiro atoms. The fraction of sp³-hybridized carbons (Fsp3) is 0.0556. The molecule has 0 unspecified atom stereocenters. The number of hydrogen-bond acceptors (Lipinski definition) is 7. The SMILES string of the molecule is CS(=O)(=O)c1cccc(-c2ccnc3cc(-c4cnc(N)nc4)oc23)c1. The lowest BCUT2D eigenvalue weighted by Crippen LogP contribution is -1.96. The Labute approximate surface area is 149 Å². The van der Waals surface area contributed by atoms with Crippen LogP contribution in [0, 0.1) is 0 Å². The van der Waals surface area contributed by atoms with Crippen LogP contribution in [0.2, 0.25) is 0 Å². The Morgan fingerprint density at radius 3 is 2.50 bits per heavy atom. The highest BCUT2D eigenvalue weighted by molar-refractivity contribution is 7.90. The van der Waals surface area contributed by atoms with Crippen LogP contribution < -0.4 is 5.73 Å². The zero-order chi connectivity index (χ0) is 18.3. The second kappa shape index (κ2) is 5.92. The quantitative estimate of drug-likeness (QED) is 0.593. The van der Waals surface area contributed by atoms with Crippen molar-refractivity contribution in [1.82, 2.24) is 15.0 Å². The van der Waals surface area contributed by atoms with Crippen molar-refractivity contribution in [2.45, 2.75) is 4.90 Å². The van der Waals surface area contributed by atoms with E-state index in [1.54, 1.807) is 48.9 Å². The molecule has 0 bridgehead atoms. The molecule has 8 heteroatoms. The van der Waals surface area contributed by atoms with Crippen molar-refractivity contribution in [3.63, 3.8) is 0 Å². The molecule has 3 heterocycles. The lowest BCUT2D eigenvalue weighted by molar-refractivity contribution is 0.602. The predicted molar refractivity (Wildman–Crippen MR) is 98.0 cm³/mol. The first-order chi connectivity index (χ1) is 12.4. The summed E-state index contributed by atoms with van der Waals surface area (Å²) in [7, 11) is -3.30. The van der Waals surface area contributed by atoms with E-state index in [9.17, 15) is 8.42 Å². The van der Waals surface area contributed by atoms with Crippen LogP contribution in [0.5, 0.6) is 0 Å². The first kappa shape index (κ1) is 16.2. The predicted octanol–water partition coefficient (Wildman–Crippen LogP) is 2.94. The molecule has 4 rings (SSSR count). The Hall–Kier alpha value is -3.26. The fourth-order valence-corrected chi connectivity index (χ4v) is 3.33. The number of hydrogen-bond donors (Lipinski definition) is 1. The zero-order valence-electron chi connectivity index (χ0n) is 13.7. The number of fused-ring (bicyclic) bond motifs is 1. The first-order valence-corrected chi connectivity index (χ1v) is 9.58. The van der Waals surface area contributed by atoms with E-state index in [1.165, 1.54) is 6.26 Å². The summed E-state index contributed by atoms with van der Waals surface area (Å²) in [6, 6.07) is 10.3. The number of aromatic nitrogens is 3. The minimum atomic E-state index is -3.30. The summed E-state index contributed by atoms with van der Waals surface area (Å²) >= 11 is 0. The minimum Gasteiger partial charge on any atom is -0.454 e. The van der Waals surface area contributed by atoms with Gasteiger partial charge in [0.05, 0.1) is 10.5 Å². The van der Waals surface area contributed by atoms with Gasteiger partial charge in [-0.15, -0.1) is 0 Å². The number of nitrogens with zero attached hydrogens (tertiary/aromatic N) is 3. The summed E-state index contributed by atoms with van der Waals surface area (Å²) in [5.41, 5.74) is 8.89. The molecule has 3 aromatic heterocycles. The summed E-state index contributed by atoms with van der Waals surface area (Å²) < 4.78 is 29.6. The van der Waals surface area contributed by atoms with Crippen molar-refractivity contribution in [3.8, 4) is 22.5 Å². The van der Waals surface area contributed by atoms with Crippen molar-refractivity contribution in [2.75, 3.05) is 12.0 Å². The molecule has 0 saturated heterocycles. The Kier molecular flexibility index (Phi) is 3.69. The van der Waals surface area contributed by atoms with Crippen LogP contribution in [-0.2, 0) is 9.84 Å². The average molecular weight is 366 g/mol. The highest BCUT2D eigenvalue weighted by atomic mass is 32.2. The first-order valence-electron chi connectivity index (χ1n) is 7.69. The minimum absolute atomic E-state index is 0.182. The normalized spacial score (nSPS) is 11.7. The van der Waals surface area contributed by atoms with Crippen molar-refractivity contribution in [1.29, 1.82) is 0 Å². The Morgan fingerprint density at radius 2 is 1.77 bits per heavy atom. The van der Waals surface area contributed by atoms with Crippen molar-refractivity contribution >= 4 is 26.9 Å². The van der Waals surface area contributed by atoms with Gasteiger partial charge >= 0.3 is 0 Å². The Bertz CT molecular complexity index is 1210. The summed E-state index contributed by atoms with van der Waals surface area (Å²) in [6.07, 6.45) is 5.98. The molecule has 0 amide bonds. The van der Waals surface area contributed by atoms with E-state index in [2.05, 4.69) is 15.0 Å². The van der Waals surface area contributed by atoms with E-state index >= 15 is 0 Å². The lowest BCUT2D eigenvalue weighted by Gasteiger charge is -2.05. The van der Waals surface area contributed by atoms with Crippen molar-refractivity contribution < 1.29 is 12.8 Å². The van der Waals surface area contributed by atoms with E-state index < -0.39 is 9.84 Å². The van der Waals surface area contributed by atoms with Gasteiger partial charge in [-0.1, -0.05) is 12.1 Å². The number of nitrogen functional groups attached to an aromatic ring is 1. The van der Waals surface area contributed by atoms with Gasteiger partial charge in [-0.2, -0.15) is 0 Å².